The highest BCUT2D eigenvalue weighted by Crippen LogP contribution is 2.30. The number of nitrogens with zero attached hydrogens (tertiary/aromatic N) is 2. The summed E-state index contributed by atoms with van der Waals surface area (Å²) < 4.78 is 31.4. The van der Waals surface area contributed by atoms with Gasteiger partial charge in [-0.1, -0.05) is 36.4 Å². The first kappa shape index (κ1) is 25.8. The fourth-order valence-electron chi connectivity index (χ4n) is 4.51. The number of aromatic amines is 1. The number of rotatable bonds is 9. The quantitative estimate of drug-likeness (QED) is 0.343. The van der Waals surface area contributed by atoms with E-state index in [0.717, 1.165) is 11.1 Å². The predicted molar refractivity (Wildman–Crippen MR) is 142 cm³/mol. The zero-order chi connectivity index (χ0) is 26.6. The van der Waals surface area contributed by atoms with Crippen LogP contribution in [0.4, 0.5) is 4.39 Å². The molecule has 198 valence electrons. The van der Waals surface area contributed by atoms with E-state index >= 15 is 0 Å². The number of ether oxygens (including phenoxy) is 3. The van der Waals surface area contributed by atoms with E-state index in [1.54, 1.807) is 37.3 Å². The van der Waals surface area contributed by atoms with E-state index in [2.05, 4.69) is 9.97 Å². The Morgan fingerprint density at radius 2 is 1.82 bits per heavy atom. The van der Waals surface area contributed by atoms with Gasteiger partial charge in [-0.3, -0.25) is 4.79 Å². The summed E-state index contributed by atoms with van der Waals surface area (Å²) in [5.74, 6) is -0.0211. The first-order valence-corrected chi connectivity index (χ1v) is 12.5. The minimum atomic E-state index is -0.441. The third kappa shape index (κ3) is 5.55. The van der Waals surface area contributed by atoms with E-state index in [1.165, 1.54) is 6.07 Å². The highest BCUT2D eigenvalue weighted by atomic mass is 19.1. The van der Waals surface area contributed by atoms with Crippen molar-refractivity contribution in [3.8, 4) is 28.3 Å². The van der Waals surface area contributed by atoms with Gasteiger partial charge >= 0.3 is 0 Å². The lowest BCUT2D eigenvalue weighted by Gasteiger charge is -2.16. The van der Waals surface area contributed by atoms with Gasteiger partial charge in [0.15, 0.2) is 11.7 Å². The summed E-state index contributed by atoms with van der Waals surface area (Å²) in [5.41, 5.74) is 4.53. The fraction of sp³-hybridized carbons (Fsp3) is 0.310. The van der Waals surface area contributed by atoms with E-state index in [4.69, 9.17) is 14.2 Å². The van der Waals surface area contributed by atoms with Crippen molar-refractivity contribution in [3.63, 3.8) is 0 Å². The van der Waals surface area contributed by atoms with Crippen molar-refractivity contribution >= 4 is 16.9 Å². The van der Waals surface area contributed by atoms with Gasteiger partial charge < -0.3 is 29.2 Å². The number of benzene rings is 2. The molecule has 0 saturated carbocycles. The van der Waals surface area contributed by atoms with Crippen molar-refractivity contribution in [2.75, 3.05) is 40.5 Å². The Hall–Kier alpha value is -3.79. The summed E-state index contributed by atoms with van der Waals surface area (Å²) >= 11 is 0. The van der Waals surface area contributed by atoms with Gasteiger partial charge in [0.05, 0.1) is 37.0 Å². The minimum Gasteiger partial charge on any atom is -0.473 e. The van der Waals surface area contributed by atoms with Gasteiger partial charge in [0, 0.05) is 50.4 Å². The molecule has 1 aliphatic heterocycles. The molecule has 5 rings (SSSR count). The maximum Gasteiger partial charge on any atom is 0.253 e. The number of halogens is 1. The monoisotopic (exact) mass is 519 g/mol. The lowest BCUT2D eigenvalue weighted by atomic mass is 10.0. The lowest BCUT2D eigenvalue weighted by Crippen LogP contribution is -2.29. The molecule has 8 nitrogen and oxygen atoms in total. The van der Waals surface area contributed by atoms with Crippen LogP contribution in [-0.4, -0.2) is 78.6 Å². The van der Waals surface area contributed by atoms with Crippen LogP contribution in [0.3, 0.4) is 0 Å². The number of likely N-dealkylation sites (N-methyl/N-ethyl adjacent to an activating group) is 1. The summed E-state index contributed by atoms with van der Waals surface area (Å²) in [7, 11) is 3.35. The molecule has 1 saturated heterocycles. The van der Waals surface area contributed by atoms with Crippen molar-refractivity contribution in [2.24, 2.45) is 0 Å². The largest absolute Gasteiger partial charge is 0.473 e. The SMILES string of the molecule is COCCN(C)C(=O)c1ccc(-c2ccc(-c3nc4cc(O[C@@H]5CO[C@H](CO)C5)[nH]c4cc3F)cc2)cc1. The van der Waals surface area contributed by atoms with E-state index in [1.807, 2.05) is 36.4 Å². The first-order chi connectivity index (χ1) is 18.4. The number of aliphatic hydroxyl groups is 1. The number of aromatic nitrogens is 2. The van der Waals surface area contributed by atoms with Gasteiger partial charge in [-0.25, -0.2) is 9.37 Å². The molecule has 0 aliphatic carbocycles. The number of nitrogens with one attached hydrogen (secondary N) is 1. The van der Waals surface area contributed by atoms with Gasteiger partial charge in [-0.15, -0.1) is 0 Å². The van der Waals surface area contributed by atoms with Crippen LogP contribution in [0.15, 0.2) is 60.7 Å². The van der Waals surface area contributed by atoms with Crippen LogP contribution in [-0.2, 0) is 9.47 Å². The Morgan fingerprint density at radius 1 is 1.13 bits per heavy atom. The molecule has 4 aromatic rings. The van der Waals surface area contributed by atoms with Crippen LogP contribution < -0.4 is 4.74 Å². The van der Waals surface area contributed by atoms with Crippen LogP contribution in [0.2, 0.25) is 0 Å². The average Bonchev–Trinajstić information content (AvgIpc) is 3.57. The van der Waals surface area contributed by atoms with Crippen molar-refractivity contribution in [1.82, 2.24) is 14.9 Å². The molecule has 9 heteroatoms. The molecule has 38 heavy (non-hydrogen) atoms. The lowest BCUT2D eigenvalue weighted by molar-refractivity contribution is 0.0531. The number of pyridine rings is 1. The Kier molecular flexibility index (Phi) is 7.69. The standard InChI is InChI=1S/C29H30FN3O5/c1-33(11-12-36-2)29(35)21-9-5-19(6-10-21)18-3-7-20(8-4-18)28-24(30)14-25-26(32-28)15-27(31-25)38-23-13-22(16-34)37-17-23/h3-10,14-15,22-23,31,34H,11-13,16-17H2,1-2H3/t22-,23-/m0/s1. The number of hydrogen-bond donors (Lipinski definition) is 2. The molecule has 1 amide bonds. The number of hydrogen-bond acceptors (Lipinski definition) is 6. The summed E-state index contributed by atoms with van der Waals surface area (Å²) in [6.45, 7) is 1.35. The molecule has 0 spiro atoms. The normalized spacial score (nSPS) is 17.2. The molecular formula is C29H30FN3O5. The Balaban J connectivity index is 1.30. The molecule has 2 atom stereocenters. The van der Waals surface area contributed by atoms with E-state index in [9.17, 15) is 14.3 Å². The topological polar surface area (TPSA) is 96.9 Å². The van der Waals surface area contributed by atoms with Crippen LogP contribution >= 0.6 is 0 Å². The zero-order valence-corrected chi connectivity index (χ0v) is 21.3. The van der Waals surface area contributed by atoms with Gasteiger partial charge in [-0.05, 0) is 23.3 Å². The Bertz CT molecular complexity index is 1400. The van der Waals surface area contributed by atoms with E-state index in [0.29, 0.717) is 54.2 Å². The number of amides is 1. The molecule has 1 fully saturated rings. The first-order valence-electron chi connectivity index (χ1n) is 12.5. The van der Waals surface area contributed by atoms with E-state index in [-0.39, 0.29) is 30.4 Å². The number of aliphatic hydroxyl groups excluding tert-OH is 1. The number of carbonyl (C=O) groups excluding carboxylic acids is 1. The van der Waals surface area contributed by atoms with Crippen LogP contribution in [0, 0.1) is 5.82 Å². The Labute approximate surface area is 220 Å². The van der Waals surface area contributed by atoms with Crippen LogP contribution in [0.1, 0.15) is 16.8 Å². The molecule has 2 aromatic heterocycles. The molecule has 3 heterocycles. The second kappa shape index (κ2) is 11.3. The smallest absolute Gasteiger partial charge is 0.253 e. The number of H-pyrrole nitrogens is 1. The average molecular weight is 520 g/mol. The van der Waals surface area contributed by atoms with Crippen molar-refractivity contribution in [3.05, 3.63) is 72.0 Å². The molecular weight excluding hydrogens is 489 g/mol. The number of carbonyl (C=O) groups is 1. The maximum atomic E-state index is 15.0. The summed E-state index contributed by atoms with van der Waals surface area (Å²) in [6.07, 6.45) is 0.194. The molecule has 0 unspecified atom stereocenters. The summed E-state index contributed by atoms with van der Waals surface area (Å²) in [5, 5.41) is 9.23. The number of fused-ring (bicyclic) bond motifs is 1. The summed E-state index contributed by atoms with van der Waals surface area (Å²) in [4.78, 5) is 21.8. The van der Waals surface area contributed by atoms with Gasteiger partial charge in [0.1, 0.15) is 11.8 Å². The Morgan fingerprint density at radius 3 is 2.47 bits per heavy atom. The van der Waals surface area contributed by atoms with Gasteiger partial charge in [-0.2, -0.15) is 0 Å². The fourth-order valence-corrected chi connectivity index (χ4v) is 4.51. The second-order valence-corrected chi connectivity index (χ2v) is 9.37. The second-order valence-electron chi connectivity index (χ2n) is 9.37. The van der Waals surface area contributed by atoms with Gasteiger partial charge in [0.25, 0.3) is 5.91 Å². The minimum absolute atomic E-state index is 0.0423. The zero-order valence-electron chi connectivity index (χ0n) is 21.3. The molecule has 2 N–H and O–H groups in total. The molecule has 0 radical (unpaired) electrons. The number of methoxy groups -OCH3 is 1. The van der Waals surface area contributed by atoms with Gasteiger partial charge in [0.2, 0.25) is 0 Å². The van der Waals surface area contributed by atoms with Crippen molar-refractivity contribution in [1.29, 1.82) is 0 Å². The van der Waals surface area contributed by atoms with Crippen LogP contribution in [0.25, 0.3) is 33.4 Å². The third-order valence-corrected chi connectivity index (χ3v) is 6.67. The van der Waals surface area contributed by atoms with Crippen molar-refractivity contribution in [2.45, 2.75) is 18.6 Å². The van der Waals surface area contributed by atoms with Crippen LogP contribution in [0.5, 0.6) is 5.88 Å². The molecule has 1 aliphatic rings. The van der Waals surface area contributed by atoms with E-state index < -0.39 is 5.82 Å². The maximum absolute atomic E-state index is 15.0. The highest BCUT2D eigenvalue weighted by molar-refractivity contribution is 5.94. The highest BCUT2D eigenvalue weighted by Gasteiger charge is 2.27. The summed E-state index contributed by atoms with van der Waals surface area (Å²) in [6, 6.07) is 18.0. The molecule has 0 bridgehead atoms. The third-order valence-electron chi connectivity index (χ3n) is 6.67. The van der Waals surface area contributed by atoms with Crippen molar-refractivity contribution < 1.29 is 28.5 Å². The molecule has 2 aromatic carbocycles. The predicted octanol–water partition coefficient (Wildman–Crippen LogP) is 4.28.